The largest absolute Gasteiger partial charge is 0.394 e. The maximum Gasteiger partial charge on any atom is 0.384 e. The fourth-order valence-corrected chi connectivity index (χ4v) is 3.82. The predicted molar refractivity (Wildman–Crippen MR) is 56.4 cm³/mol. The van der Waals surface area contributed by atoms with Gasteiger partial charge >= 0.3 is 9.28 Å². The Morgan fingerprint density at radius 3 is 2.08 bits per heavy atom. The lowest BCUT2D eigenvalue weighted by atomic mass is 10.5. The summed E-state index contributed by atoms with van der Waals surface area (Å²) in [4.78, 5) is 0. The Morgan fingerprint density at radius 1 is 1.31 bits per heavy atom. The van der Waals surface area contributed by atoms with Crippen LogP contribution in [0.2, 0.25) is 6.04 Å². The van der Waals surface area contributed by atoms with E-state index in [-0.39, 0.29) is 0 Å². The molecule has 0 aromatic heterocycles. The molecular formula is C8H15Cl2O2Si. The standard InChI is InChI=1S/C8H15Cl2O2Si/c1-3-11-13(12-4-2)6-7-5-8(7,9)10/h7H,3-6H2,1-2H3. The van der Waals surface area contributed by atoms with Gasteiger partial charge < -0.3 is 8.85 Å². The Labute approximate surface area is 91.3 Å². The number of halogens is 2. The van der Waals surface area contributed by atoms with E-state index < -0.39 is 13.6 Å². The summed E-state index contributed by atoms with van der Waals surface area (Å²) in [6.07, 6.45) is 0.879. The zero-order valence-electron chi connectivity index (χ0n) is 7.98. The number of alkyl halides is 2. The molecule has 1 rings (SSSR count). The van der Waals surface area contributed by atoms with Crippen LogP contribution in [0.3, 0.4) is 0 Å². The molecule has 0 amide bonds. The SMILES string of the molecule is CCO[Si](CC1CC1(Cl)Cl)OCC. The summed E-state index contributed by atoms with van der Waals surface area (Å²) in [6, 6.07) is 0.902. The summed E-state index contributed by atoms with van der Waals surface area (Å²) in [6.45, 7) is 5.37. The van der Waals surface area contributed by atoms with Gasteiger partial charge in [0.1, 0.15) is 4.33 Å². The van der Waals surface area contributed by atoms with Crippen molar-refractivity contribution >= 4 is 32.5 Å². The van der Waals surface area contributed by atoms with Crippen molar-refractivity contribution < 1.29 is 8.85 Å². The van der Waals surface area contributed by atoms with E-state index >= 15 is 0 Å². The van der Waals surface area contributed by atoms with Crippen LogP contribution >= 0.6 is 23.2 Å². The molecule has 5 heteroatoms. The van der Waals surface area contributed by atoms with Gasteiger partial charge in [0.15, 0.2) is 0 Å². The van der Waals surface area contributed by atoms with Gasteiger partial charge in [0.25, 0.3) is 0 Å². The van der Waals surface area contributed by atoms with Gasteiger partial charge in [-0.15, -0.1) is 23.2 Å². The predicted octanol–water partition coefficient (Wildman–Crippen LogP) is 2.74. The zero-order valence-corrected chi connectivity index (χ0v) is 10.5. The van der Waals surface area contributed by atoms with Gasteiger partial charge in [-0.25, -0.2) is 0 Å². The van der Waals surface area contributed by atoms with Crippen LogP contribution in [0.1, 0.15) is 20.3 Å². The minimum atomic E-state index is -1.12. The maximum absolute atomic E-state index is 5.92. The Hall–Kier alpha value is 0.717. The van der Waals surface area contributed by atoms with Crippen LogP contribution in [0.4, 0.5) is 0 Å². The Bertz CT molecular complexity index is 160. The van der Waals surface area contributed by atoms with E-state index in [1.54, 1.807) is 0 Å². The summed E-state index contributed by atoms with van der Waals surface area (Å²) in [7, 11) is -1.12. The Kier molecular flexibility index (Phi) is 4.52. The second-order valence-corrected chi connectivity index (χ2v) is 6.38. The quantitative estimate of drug-likeness (QED) is 0.526. The van der Waals surface area contributed by atoms with E-state index in [2.05, 4.69) is 0 Å². The third kappa shape index (κ3) is 3.76. The lowest BCUT2D eigenvalue weighted by Crippen LogP contribution is -2.24. The van der Waals surface area contributed by atoms with Gasteiger partial charge in [-0.05, 0) is 32.2 Å². The molecular weight excluding hydrogens is 227 g/mol. The molecule has 0 saturated heterocycles. The highest BCUT2D eigenvalue weighted by molar-refractivity contribution is 6.52. The van der Waals surface area contributed by atoms with E-state index in [0.717, 1.165) is 12.5 Å². The summed E-state index contributed by atoms with van der Waals surface area (Å²) in [5.41, 5.74) is 0. The van der Waals surface area contributed by atoms with Crippen LogP contribution in [-0.4, -0.2) is 26.8 Å². The van der Waals surface area contributed by atoms with E-state index in [0.29, 0.717) is 19.1 Å². The summed E-state index contributed by atoms with van der Waals surface area (Å²) in [5, 5.41) is 0. The van der Waals surface area contributed by atoms with Crippen molar-refractivity contribution in [2.75, 3.05) is 13.2 Å². The van der Waals surface area contributed by atoms with Crippen molar-refractivity contribution in [2.24, 2.45) is 5.92 Å². The smallest absolute Gasteiger partial charge is 0.384 e. The molecule has 0 aliphatic heterocycles. The van der Waals surface area contributed by atoms with Crippen molar-refractivity contribution in [2.45, 2.75) is 30.6 Å². The van der Waals surface area contributed by atoms with Crippen LogP contribution in [0, 0.1) is 5.92 Å². The van der Waals surface area contributed by atoms with Gasteiger partial charge in [0.05, 0.1) is 0 Å². The van der Waals surface area contributed by atoms with Gasteiger partial charge in [-0.2, -0.15) is 0 Å². The maximum atomic E-state index is 5.92. The molecule has 1 fully saturated rings. The second kappa shape index (κ2) is 4.98. The van der Waals surface area contributed by atoms with Crippen LogP contribution < -0.4 is 0 Å². The molecule has 1 saturated carbocycles. The van der Waals surface area contributed by atoms with E-state index in [1.807, 2.05) is 13.8 Å². The first-order valence-corrected chi connectivity index (χ1v) is 6.87. The topological polar surface area (TPSA) is 18.5 Å². The molecule has 0 spiro atoms. The molecule has 1 aliphatic carbocycles. The molecule has 0 heterocycles. The first-order valence-electron chi connectivity index (χ1n) is 4.59. The Morgan fingerprint density at radius 2 is 1.77 bits per heavy atom. The first-order chi connectivity index (χ1) is 6.10. The molecule has 1 unspecified atom stereocenters. The highest BCUT2D eigenvalue weighted by Gasteiger charge is 2.53. The minimum Gasteiger partial charge on any atom is -0.394 e. The van der Waals surface area contributed by atoms with Crippen LogP contribution in [0.5, 0.6) is 0 Å². The van der Waals surface area contributed by atoms with Crippen molar-refractivity contribution in [3.8, 4) is 0 Å². The highest BCUT2D eigenvalue weighted by Crippen LogP contribution is 2.55. The third-order valence-electron chi connectivity index (χ3n) is 1.98. The second-order valence-electron chi connectivity index (χ2n) is 3.10. The Balaban J connectivity index is 2.23. The summed E-state index contributed by atoms with van der Waals surface area (Å²) >= 11 is 11.8. The number of hydrogen-bond donors (Lipinski definition) is 0. The molecule has 1 atom stereocenters. The highest BCUT2D eigenvalue weighted by atomic mass is 35.5. The van der Waals surface area contributed by atoms with Gasteiger partial charge in [0.2, 0.25) is 0 Å². The third-order valence-corrected chi connectivity index (χ3v) is 4.95. The average Bonchev–Trinajstić information content (AvgIpc) is 2.59. The molecule has 2 nitrogen and oxygen atoms in total. The summed E-state index contributed by atoms with van der Waals surface area (Å²) in [5.74, 6) is 0.378. The molecule has 0 aromatic carbocycles. The average molecular weight is 242 g/mol. The van der Waals surface area contributed by atoms with Crippen LogP contribution in [-0.2, 0) is 8.85 Å². The molecule has 0 N–H and O–H groups in total. The minimum absolute atomic E-state index is 0.378. The first kappa shape index (κ1) is 11.8. The van der Waals surface area contributed by atoms with Gasteiger partial charge in [-0.3, -0.25) is 0 Å². The monoisotopic (exact) mass is 241 g/mol. The molecule has 1 radical (unpaired) electrons. The van der Waals surface area contributed by atoms with Crippen LogP contribution in [0.25, 0.3) is 0 Å². The number of rotatable bonds is 6. The normalized spacial score (nSPS) is 25.2. The van der Waals surface area contributed by atoms with E-state index in [1.165, 1.54) is 0 Å². The molecule has 0 bridgehead atoms. The lowest BCUT2D eigenvalue weighted by molar-refractivity contribution is 0.212. The van der Waals surface area contributed by atoms with Crippen molar-refractivity contribution in [1.82, 2.24) is 0 Å². The van der Waals surface area contributed by atoms with Crippen molar-refractivity contribution in [1.29, 1.82) is 0 Å². The molecule has 77 valence electrons. The van der Waals surface area contributed by atoms with E-state index in [4.69, 9.17) is 32.1 Å². The zero-order chi connectivity index (χ0) is 9.90. The summed E-state index contributed by atoms with van der Waals surface area (Å²) < 4.78 is 10.5. The molecule has 1 aliphatic rings. The van der Waals surface area contributed by atoms with Crippen molar-refractivity contribution in [3.63, 3.8) is 0 Å². The molecule has 13 heavy (non-hydrogen) atoms. The van der Waals surface area contributed by atoms with Gasteiger partial charge in [-0.1, -0.05) is 0 Å². The fraction of sp³-hybridized carbons (Fsp3) is 1.00. The van der Waals surface area contributed by atoms with E-state index in [9.17, 15) is 0 Å². The van der Waals surface area contributed by atoms with Crippen LogP contribution in [0.15, 0.2) is 0 Å². The molecule has 0 aromatic rings. The van der Waals surface area contributed by atoms with Crippen molar-refractivity contribution in [3.05, 3.63) is 0 Å². The lowest BCUT2D eigenvalue weighted by Gasteiger charge is -2.12. The number of hydrogen-bond acceptors (Lipinski definition) is 2. The fourth-order valence-electron chi connectivity index (χ4n) is 1.17. The van der Waals surface area contributed by atoms with Gasteiger partial charge in [0, 0.05) is 13.2 Å².